The second kappa shape index (κ2) is 5.71. The average Bonchev–Trinajstić information content (AvgIpc) is 3.17. The molecule has 0 saturated heterocycles. The van der Waals surface area contributed by atoms with Crippen molar-refractivity contribution in [2.75, 3.05) is 12.4 Å². The van der Waals surface area contributed by atoms with Crippen LogP contribution in [0.2, 0.25) is 0 Å². The molecule has 1 fully saturated rings. The lowest BCUT2D eigenvalue weighted by molar-refractivity contribution is 0.367. The van der Waals surface area contributed by atoms with Gasteiger partial charge in [-0.15, -0.1) is 10.2 Å². The van der Waals surface area contributed by atoms with E-state index in [2.05, 4.69) is 10.2 Å². The predicted molar refractivity (Wildman–Crippen MR) is 96.4 cm³/mol. The van der Waals surface area contributed by atoms with Crippen molar-refractivity contribution in [1.82, 2.24) is 19.3 Å². The van der Waals surface area contributed by atoms with Crippen LogP contribution in [0.3, 0.4) is 0 Å². The van der Waals surface area contributed by atoms with Crippen molar-refractivity contribution in [3.05, 3.63) is 33.7 Å². The van der Waals surface area contributed by atoms with Crippen LogP contribution in [0.25, 0.3) is 16.2 Å². The zero-order chi connectivity index (χ0) is 18.7. The fraction of sp³-hybridized carbons (Fsp3) is 0.438. The van der Waals surface area contributed by atoms with Gasteiger partial charge in [0.25, 0.3) is 0 Å². The number of hydrogen-bond acceptors (Lipinski definition) is 6. The first-order chi connectivity index (χ1) is 12.3. The lowest BCUT2D eigenvalue weighted by atomic mass is 10.2. The Labute approximate surface area is 153 Å². The summed E-state index contributed by atoms with van der Waals surface area (Å²) in [5.74, 6) is -0.211. The number of aromatic nitrogens is 4. The Morgan fingerprint density at radius 3 is 2.58 bits per heavy atom. The van der Waals surface area contributed by atoms with Crippen molar-refractivity contribution < 1.29 is 12.8 Å². The number of alkyl halides is 1. The number of aryl methyl sites for hydroxylation is 2. The minimum atomic E-state index is -3.65. The Morgan fingerprint density at radius 2 is 2.00 bits per heavy atom. The third kappa shape index (κ3) is 2.67. The number of imidazole rings is 1. The highest BCUT2D eigenvalue weighted by Crippen LogP contribution is 2.48. The molecule has 10 heteroatoms. The van der Waals surface area contributed by atoms with Gasteiger partial charge in [-0.1, -0.05) is 11.3 Å². The SMILES string of the molecule is Cc1nnc(-n2c(=O)n(C)c3ccc(S(=O)(=O)CC4(CF)CC4)cc32)s1. The number of benzene rings is 1. The molecule has 0 amide bonds. The maximum atomic E-state index is 13.1. The van der Waals surface area contributed by atoms with Crippen molar-refractivity contribution in [2.45, 2.75) is 24.7 Å². The van der Waals surface area contributed by atoms with E-state index in [9.17, 15) is 17.6 Å². The molecular weight excluding hydrogens is 379 g/mol. The molecule has 1 saturated carbocycles. The molecule has 3 aromatic rings. The van der Waals surface area contributed by atoms with E-state index in [0.29, 0.717) is 34.0 Å². The number of hydrogen-bond donors (Lipinski definition) is 0. The summed E-state index contributed by atoms with van der Waals surface area (Å²) >= 11 is 1.25. The zero-order valence-electron chi connectivity index (χ0n) is 14.3. The number of sulfone groups is 1. The largest absolute Gasteiger partial charge is 0.335 e. The van der Waals surface area contributed by atoms with Gasteiger partial charge < -0.3 is 0 Å². The van der Waals surface area contributed by atoms with Gasteiger partial charge in [-0.05, 0) is 38.0 Å². The topological polar surface area (TPSA) is 86.8 Å². The van der Waals surface area contributed by atoms with Gasteiger partial charge in [0.2, 0.25) is 5.13 Å². The molecule has 0 bridgehead atoms. The zero-order valence-corrected chi connectivity index (χ0v) is 15.9. The normalized spacial score (nSPS) is 16.3. The smallest absolute Gasteiger partial charge is 0.295 e. The number of nitrogens with zero attached hydrogens (tertiary/aromatic N) is 4. The van der Waals surface area contributed by atoms with Crippen LogP contribution in [0.5, 0.6) is 0 Å². The summed E-state index contributed by atoms with van der Waals surface area (Å²) in [6, 6.07) is 4.54. The maximum absolute atomic E-state index is 13.1. The van der Waals surface area contributed by atoms with Crippen LogP contribution >= 0.6 is 11.3 Å². The van der Waals surface area contributed by atoms with Crippen LogP contribution in [0.15, 0.2) is 27.9 Å². The molecule has 1 aliphatic rings. The summed E-state index contributed by atoms with van der Waals surface area (Å²) in [6.45, 7) is 1.15. The van der Waals surface area contributed by atoms with Gasteiger partial charge in [-0.2, -0.15) is 0 Å². The summed E-state index contributed by atoms with van der Waals surface area (Å²) in [5, 5.41) is 9.02. The van der Waals surface area contributed by atoms with E-state index in [4.69, 9.17) is 0 Å². The first kappa shape index (κ1) is 17.3. The van der Waals surface area contributed by atoms with Gasteiger partial charge in [0, 0.05) is 12.5 Å². The standard InChI is InChI=1S/C16H17FN4O3S2/c1-10-18-19-14(25-10)21-13-7-11(3-4-12(13)20(2)15(21)22)26(23,24)9-16(8-17)5-6-16/h3-4,7H,5-6,8-9H2,1-2H3. The highest BCUT2D eigenvalue weighted by molar-refractivity contribution is 7.91. The molecule has 0 atom stereocenters. The van der Waals surface area contributed by atoms with E-state index >= 15 is 0 Å². The van der Waals surface area contributed by atoms with E-state index < -0.39 is 21.9 Å². The van der Waals surface area contributed by atoms with E-state index in [1.54, 1.807) is 20.0 Å². The summed E-state index contributed by atoms with van der Waals surface area (Å²) < 4.78 is 41.4. The van der Waals surface area contributed by atoms with Crippen LogP contribution < -0.4 is 5.69 Å². The quantitative estimate of drug-likeness (QED) is 0.658. The molecule has 0 N–H and O–H groups in total. The Kier molecular flexibility index (Phi) is 3.81. The van der Waals surface area contributed by atoms with E-state index in [1.165, 1.54) is 32.6 Å². The summed E-state index contributed by atoms with van der Waals surface area (Å²) in [5.41, 5.74) is -0.0260. The molecule has 0 radical (unpaired) electrons. The Balaban J connectivity index is 1.88. The second-order valence-corrected chi connectivity index (χ2v) is 9.97. The first-order valence-corrected chi connectivity index (χ1v) is 10.5. The van der Waals surface area contributed by atoms with Gasteiger partial charge in [0.1, 0.15) is 5.01 Å². The van der Waals surface area contributed by atoms with Gasteiger partial charge >= 0.3 is 5.69 Å². The van der Waals surface area contributed by atoms with Crippen molar-refractivity contribution in [3.63, 3.8) is 0 Å². The minimum Gasteiger partial charge on any atom is -0.295 e. The average molecular weight is 396 g/mol. The Bertz CT molecular complexity index is 1170. The first-order valence-electron chi connectivity index (χ1n) is 8.07. The summed E-state index contributed by atoms with van der Waals surface area (Å²) in [4.78, 5) is 12.7. The van der Waals surface area contributed by atoms with Crippen molar-refractivity contribution in [1.29, 1.82) is 0 Å². The van der Waals surface area contributed by atoms with E-state index in [1.807, 2.05) is 0 Å². The molecular formula is C16H17FN4O3S2. The van der Waals surface area contributed by atoms with Gasteiger partial charge in [-0.25, -0.2) is 17.8 Å². The van der Waals surface area contributed by atoms with Crippen molar-refractivity contribution in [2.24, 2.45) is 12.5 Å². The number of rotatable bonds is 5. The molecule has 0 aliphatic heterocycles. The molecule has 7 nitrogen and oxygen atoms in total. The van der Waals surface area contributed by atoms with Crippen LogP contribution in [0.4, 0.5) is 4.39 Å². The van der Waals surface area contributed by atoms with Crippen LogP contribution in [-0.4, -0.2) is 40.2 Å². The van der Waals surface area contributed by atoms with Gasteiger partial charge in [0.05, 0.1) is 28.4 Å². The second-order valence-electron chi connectivity index (χ2n) is 6.82. The van der Waals surface area contributed by atoms with Crippen molar-refractivity contribution >= 4 is 32.2 Å². The molecule has 0 unspecified atom stereocenters. The predicted octanol–water partition coefficient (Wildman–Crippen LogP) is 2.01. The molecule has 2 aromatic heterocycles. The monoisotopic (exact) mass is 396 g/mol. The molecule has 4 rings (SSSR count). The Morgan fingerprint density at radius 1 is 1.27 bits per heavy atom. The molecule has 2 heterocycles. The lowest BCUT2D eigenvalue weighted by Crippen LogP contribution is -2.20. The fourth-order valence-electron chi connectivity index (χ4n) is 3.06. The van der Waals surface area contributed by atoms with Crippen LogP contribution in [-0.2, 0) is 16.9 Å². The number of fused-ring (bicyclic) bond motifs is 1. The van der Waals surface area contributed by atoms with E-state index in [-0.39, 0.29) is 16.3 Å². The van der Waals surface area contributed by atoms with Gasteiger partial charge in [-0.3, -0.25) is 8.96 Å². The summed E-state index contributed by atoms with van der Waals surface area (Å²) in [6.07, 6.45) is 1.18. The molecule has 1 aliphatic carbocycles. The van der Waals surface area contributed by atoms with Gasteiger partial charge in [0.15, 0.2) is 9.84 Å². The third-order valence-corrected chi connectivity index (χ3v) is 7.62. The number of halogens is 1. The molecule has 138 valence electrons. The maximum Gasteiger partial charge on any atom is 0.335 e. The highest BCUT2D eigenvalue weighted by atomic mass is 32.2. The third-order valence-electron chi connectivity index (χ3n) is 4.83. The lowest BCUT2D eigenvalue weighted by Gasteiger charge is -2.11. The highest BCUT2D eigenvalue weighted by Gasteiger charge is 2.46. The van der Waals surface area contributed by atoms with E-state index in [0.717, 1.165) is 0 Å². The fourth-order valence-corrected chi connectivity index (χ4v) is 5.66. The van der Waals surface area contributed by atoms with Crippen molar-refractivity contribution in [3.8, 4) is 5.13 Å². The molecule has 26 heavy (non-hydrogen) atoms. The summed E-state index contributed by atoms with van der Waals surface area (Å²) in [7, 11) is -2.04. The molecule has 0 spiro atoms. The van der Waals surface area contributed by atoms with Crippen LogP contribution in [0, 0.1) is 12.3 Å². The Hall–Kier alpha value is -2.07. The van der Waals surface area contributed by atoms with Crippen LogP contribution in [0.1, 0.15) is 17.8 Å². The minimum absolute atomic E-state index is 0.0883. The molecule has 1 aromatic carbocycles.